The first-order chi connectivity index (χ1) is 11.6. The van der Waals surface area contributed by atoms with Crippen LogP contribution in [0.4, 0.5) is 4.79 Å². The second kappa shape index (κ2) is 9.93. The van der Waals surface area contributed by atoms with Crippen molar-refractivity contribution >= 4 is 12.0 Å². The zero-order chi connectivity index (χ0) is 17.2. The molecule has 132 valence electrons. The minimum atomic E-state index is -0.893. The second-order valence-electron chi connectivity index (χ2n) is 6.15. The topological polar surface area (TPSA) is 72.9 Å². The fraction of sp³-hybridized carbons (Fsp3) is 0.556. The number of carbonyl (C=O) groups is 2. The maximum atomic E-state index is 12.0. The normalized spacial score (nSPS) is 15.8. The zero-order valence-electron chi connectivity index (χ0n) is 14.1. The van der Waals surface area contributed by atoms with Crippen molar-refractivity contribution in [1.82, 2.24) is 15.1 Å². The Balaban J connectivity index is 1.66. The molecule has 1 aromatic rings. The Morgan fingerprint density at radius 2 is 1.88 bits per heavy atom. The first-order valence-corrected chi connectivity index (χ1v) is 8.66. The molecule has 0 spiro atoms. The van der Waals surface area contributed by atoms with Gasteiger partial charge in [0, 0.05) is 26.2 Å². The maximum Gasteiger partial charge on any atom is 0.317 e. The molecule has 1 fully saturated rings. The largest absolute Gasteiger partial charge is 0.481 e. The van der Waals surface area contributed by atoms with Gasteiger partial charge >= 0.3 is 12.0 Å². The van der Waals surface area contributed by atoms with Gasteiger partial charge in [0.25, 0.3) is 0 Å². The summed E-state index contributed by atoms with van der Waals surface area (Å²) in [6.07, 6.45) is 3.12. The Labute approximate surface area is 143 Å². The van der Waals surface area contributed by atoms with Crippen molar-refractivity contribution in [3.05, 3.63) is 35.9 Å². The van der Waals surface area contributed by atoms with E-state index in [4.69, 9.17) is 5.11 Å². The molecule has 6 nitrogen and oxygen atoms in total. The van der Waals surface area contributed by atoms with Crippen molar-refractivity contribution in [2.45, 2.75) is 25.7 Å². The van der Waals surface area contributed by atoms with Crippen LogP contribution in [0.2, 0.25) is 0 Å². The Hall–Kier alpha value is -2.08. The molecule has 1 aliphatic heterocycles. The lowest BCUT2D eigenvalue weighted by Crippen LogP contribution is -2.42. The van der Waals surface area contributed by atoms with Crippen LogP contribution in [0.5, 0.6) is 0 Å². The van der Waals surface area contributed by atoms with Crippen LogP contribution in [0, 0.1) is 0 Å². The molecule has 0 aromatic heterocycles. The molecular formula is C18H27N3O3. The molecule has 2 rings (SSSR count). The number of hydrogen-bond donors (Lipinski definition) is 2. The van der Waals surface area contributed by atoms with E-state index in [0.29, 0.717) is 6.54 Å². The molecule has 2 N–H and O–H groups in total. The molecular weight excluding hydrogens is 306 g/mol. The summed E-state index contributed by atoms with van der Waals surface area (Å²) in [7, 11) is 0. The van der Waals surface area contributed by atoms with Crippen LogP contribution < -0.4 is 5.32 Å². The van der Waals surface area contributed by atoms with E-state index in [1.54, 1.807) is 4.90 Å². The van der Waals surface area contributed by atoms with Crippen LogP contribution in [0.15, 0.2) is 30.3 Å². The summed E-state index contributed by atoms with van der Waals surface area (Å²) in [5, 5.41) is 11.3. The summed E-state index contributed by atoms with van der Waals surface area (Å²) in [6, 6.07) is 10.3. The standard InChI is InChI=1S/C18H27N3O3/c22-17(23)9-10-19-18(24)21-13-5-12-20(14-15-21)11-4-8-16-6-2-1-3-7-16/h1-3,6-7H,4-5,8-15H2,(H,19,24)(H,22,23). The Kier molecular flexibility index (Phi) is 7.55. The van der Waals surface area contributed by atoms with Crippen molar-refractivity contribution in [3.8, 4) is 0 Å². The van der Waals surface area contributed by atoms with Crippen LogP contribution in [0.3, 0.4) is 0 Å². The molecule has 1 heterocycles. The molecule has 2 amide bonds. The van der Waals surface area contributed by atoms with Gasteiger partial charge in [-0.05, 0) is 37.9 Å². The van der Waals surface area contributed by atoms with Crippen molar-refractivity contribution in [2.24, 2.45) is 0 Å². The predicted octanol–water partition coefficient (Wildman–Crippen LogP) is 1.81. The number of hydrogen-bond acceptors (Lipinski definition) is 3. The summed E-state index contributed by atoms with van der Waals surface area (Å²) in [5.41, 5.74) is 1.37. The molecule has 0 unspecified atom stereocenters. The predicted molar refractivity (Wildman–Crippen MR) is 93.0 cm³/mol. The molecule has 0 saturated carbocycles. The van der Waals surface area contributed by atoms with Gasteiger partial charge in [0.1, 0.15) is 0 Å². The van der Waals surface area contributed by atoms with Gasteiger partial charge in [-0.25, -0.2) is 4.79 Å². The van der Waals surface area contributed by atoms with Crippen molar-refractivity contribution < 1.29 is 14.7 Å². The lowest BCUT2D eigenvalue weighted by atomic mass is 10.1. The summed E-state index contributed by atoms with van der Waals surface area (Å²) >= 11 is 0. The van der Waals surface area contributed by atoms with Crippen LogP contribution in [-0.4, -0.2) is 66.2 Å². The van der Waals surface area contributed by atoms with Crippen molar-refractivity contribution in [3.63, 3.8) is 0 Å². The number of urea groups is 1. The highest BCUT2D eigenvalue weighted by Gasteiger charge is 2.18. The lowest BCUT2D eigenvalue weighted by molar-refractivity contribution is -0.136. The first kappa shape index (κ1) is 18.3. The first-order valence-electron chi connectivity index (χ1n) is 8.66. The van der Waals surface area contributed by atoms with Crippen LogP contribution >= 0.6 is 0 Å². The van der Waals surface area contributed by atoms with Gasteiger partial charge in [-0.15, -0.1) is 0 Å². The molecule has 0 aliphatic carbocycles. The molecule has 0 bridgehead atoms. The van der Waals surface area contributed by atoms with E-state index in [0.717, 1.165) is 45.4 Å². The van der Waals surface area contributed by atoms with E-state index in [9.17, 15) is 9.59 Å². The molecule has 1 saturated heterocycles. The van der Waals surface area contributed by atoms with Gasteiger partial charge in [-0.1, -0.05) is 30.3 Å². The Morgan fingerprint density at radius 3 is 2.62 bits per heavy atom. The van der Waals surface area contributed by atoms with E-state index in [-0.39, 0.29) is 19.0 Å². The van der Waals surface area contributed by atoms with Crippen molar-refractivity contribution in [1.29, 1.82) is 0 Å². The highest BCUT2D eigenvalue weighted by atomic mass is 16.4. The number of rotatable bonds is 7. The maximum absolute atomic E-state index is 12.0. The van der Waals surface area contributed by atoms with Gasteiger partial charge < -0.3 is 20.2 Å². The third kappa shape index (κ3) is 6.58. The molecule has 1 aliphatic rings. The van der Waals surface area contributed by atoms with Gasteiger partial charge in [0.15, 0.2) is 0 Å². The number of nitrogens with zero attached hydrogens (tertiary/aromatic N) is 2. The number of carboxylic acid groups (broad SMARTS) is 1. The fourth-order valence-corrected chi connectivity index (χ4v) is 2.94. The summed E-state index contributed by atoms with van der Waals surface area (Å²) < 4.78 is 0. The van der Waals surface area contributed by atoms with Gasteiger partial charge in [-0.3, -0.25) is 4.79 Å². The van der Waals surface area contributed by atoms with Crippen LogP contribution in [0.1, 0.15) is 24.8 Å². The van der Waals surface area contributed by atoms with E-state index >= 15 is 0 Å². The minimum absolute atomic E-state index is 0.0365. The number of carboxylic acids is 1. The molecule has 6 heteroatoms. The zero-order valence-corrected chi connectivity index (χ0v) is 14.1. The highest BCUT2D eigenvalue weighted by Crippen LogP contribution is 2.07. The van der Waals surface area contributed by atoms with Crippen molar-refractivity contribution in [2.75, 3.05) is 39.3 Å². The van der Waals surface area contributed by atoms with E-state index < -0.39 is 5.97 Å². The fourth-order valence-electron chi connectivity index (χ4n) is 2.94. The Morgan fingerprint density at radius 1 is 1.08 bits per heavy atom. The molecule has 24 heavy (non-hydrogen) atoms. The highest BCUT2D eigenvalue weighted by molar-refractivity contribution is 5.75. The number of amides is 2. The average molecular weight is 333 g/mol. The lowest BCUT2D eigenvalue weighted by Gasteiger charge is -2.22. The second-order valence-corrected chi connectivity index (χ2v) is 6.15. The molecule has 1 aromatic carbocycles. The smallest absolute Gasteiger partial charge is 0.317 e. The van der Waals surface area contributed by atoms with Gasteiger partial charge in [0.05, 0.1) is 6.42 Å². The van der Waals surface area contributed by atoms with Gasteiger partial charge in [-0.2, -0.15) is 0 Å². The number of aliphatic carboxylic acids is 1. The van der Waals surface area contributed by atoms with Crippen LogP contribution in [-0.2, 0) is 11.2 Å². The minimum Gasteiger partial charge on any atom is -0.481 e. The monoisotopic (exact) mass is 333 g/mol. The third-order valence-corrected chi connectivity index (χ3v) is 4.27. The number of carbonyl (C=O) groups excluding carboxylic acids is 1. The van der Waals surface area contributed by atoms with Gasteiger partial charge in [0.2, 0.25) is 0 Å². The molecule has 0 atom stereocenters. The SMILES string of the molecule is O=C(O)CCNC(=O)N1CCCN(CCCc2ccccc2)CC1. The quantitative estimate of drug-likeness (QED) is 0.798. The van der Waals surface area contributed by atoms with E-state index in [2.05, 4.69) is 34.5 Å². The Bertz CT molecular complexity index is 522. The third-order valence-electron chi connectivity index (χ3n) is 4.27. The van der Waals surface area contributed by atoms with Crippen LogP contribution in [0.25, 0.3) is 0 Å². The average Bonchev–Trinajstić information content (AvgIpc) is 2.81. The molecule has 0 radical (unpaired) electrons. The van der Waals surface area contributed by atoms with E-state index in [1.165, 1.54) is 5.56 Å². The summed E-state index contributed by atoms with van der Waals surface area (Å²) in [4.78, 5) is 26.7. The summed E-state index contributed by atoms with van der Waals surface area (Å²) in [5.74, 6) is -0.893. The number of benzene rings is 1. The summed E-state index contributed by atoms with van der Waals surface area (Å²) in [6.45, 7) is 4.54. The van der Waals surface area contributed by atoms with E-state index in [1.807, 2.05) is 6.07 Å². The number of nitrogens with one attached hydrogen (secondary N) is 1. The number of aryl methyl sites for hydroxylation is 1.